The van der Waals surface area contributed by atoms with Crippen LogP contribution < -0.4 is 0 Å². The van der Waals surface area contributed by atoms with E-state index in [4.69, 9.17) is 14.5 Å². The van der Waals surface area contributed by atoms with Crippen LogP contribution in [0.25, 0.3) is 0 Å². The molecule has 0 saturated heterocycles. The van der Waals surface area contributed by atoms with Crippen molar-refractivity contribution in [1.82, 2.24) is 4.98 Å². The standard InChI is InChI=1S/C34H44F3NO2.C2H6S/c1-20(2)29-27-28(26-24(38-29)18-32(15-7-8-16-32)19-25(26)39-31(4,5)6)33(17-9-10-21(33)3)40-30(27)22-11-13-23(14-12-22)34(35,36)37;1-3-2/h11-14,20-21,25,30H,7-10,15-19H2,1-6H3;1-2H3. The topological polar surface area (TPSA) is 31.4 Å². The van der Waals surface area contributed by atoms with E-state index in [2.05, 4.69) is 41.5 Å². The number of fused-ring (bicyclic) bond motifs is 4. The van der Waals surface area contributed by atoms with Gasteiger partial charge in [-0.25, -0.2) is 0 Å². The van der Waals surface area contributed by atoms with Gasteiger partial charge in [0.2, 0.25) is 0 Å². The van der Waals surface area contributed by atoms with Crippen molar-refractivity contribution in [2.45, 2.75) is 135 Å². The van der Waals surface area contributed by atoms with Gasteiger partial charge in [-0.1, -0.05) is 45.7 Å². The Balaban J connectivity index is 0.00000118. The zero-order valence-corrected chi connectivity index (χ0v) is 28.1. The molecule has 43 heavy (non-hydrogen) atoms. The monoisotopic (exact) mass is 617 g/mol. The highest BCUT2D eigenvalue weighted by Crippen LogP contribution is 2.63. The number of rotatable bonds is 3. The van der Waals surface area contributed by atoms with Crippen molar-refractivity contribution >= 4 is 11.8 Å². The van der Waals surface area contributed by atoms with Gasteiger partial charge < -0.3 is 9.47 Å². The molecule has 0 radical (unpaired) electrons. The number of thioether (sulfide) groups is 1. The van der Waals surface area contributed by atoms with Gasteiger partial charge in [-0.2, -0.15) is 24.9 Å². The maximum atomic E-state index is 13.4. The summed E-state index contributed by atoms with van der Waals surface area (Å²) in [4.78, 5) is 5.46. The van der Waals surface area contributed by atoms with E-state index in [1.54, 1.807) is 23.9 Å². The van der Waals surface area contributed by atoms with Gasteiger partial charge in [-0.3, -0.25) is 4.98 Å². The van der Waals surface area contributed by atoms with Gasteiger partial charge in [0.15, 0.2) is 0 Å². The number of nitrogens with zero attached hydrogens (tertiary/aromatic N) is 1. The zero-order valence-electron chi connectivity index (χ0n) is 27.3. The van der Waals surface area contributed by atoms with Crippen molar-refractivity contribution < 1.29 is 22.6 Å². The van der Waals surface area contributed by atoms with E-state index in [1.807, 2.05) is 12.5 Å². The SMILES string of the molecule is CC(C)c1nc2c(c3c1C(c1ccc(C(F)(F)F)cc1)OC31CCCC1C)C(OC(C)(C)C)CC1(CCCC1)C2.CSC. The highest BCUT2D eigenvalue weighted by Gasteiger charge is 2.57. The van der Waals surface area contributed by atoms with Gasteiger partial charge in [-0.05, 0) is 119 Å². The highest BCUT2D eigenvalue weighted by molar-refractivity contribution is 7.97. The van der Waals surface area contributed by atoms with Gasteiger partial charge in [-0.15, -0.1) is 0 Å². The zero-order chi connectivity index (χ0) is 31.4. The molecule has 6 rings (SSSR count). The predicted molar refractivity (Wildman–Crippen MR) is 170 cm³/mol. The Labute approximate surface area is 261 Å². The molecule has 2 spiro atoms. The summed E-state index contributed by atoms with van der Waals surface area (Å²) in [6, 6.07) is 5.60. The summed E-state index contributed by atoms with van der Waals surface area (Å²) in [5, 5.41) is 0. The molecule has 7 heteroatoms. The molecule has 1 aliphatic heterocycles. The lowest BCUT2D eigenvalue weighted by Crippen LogP contribution is -2.38. The lowest BCUT2D eigenvalue weighted by molar-refractivity contribution is -0.137. The fourth-order valence-electron chi connectivity index (χ4n) is 8.39. The molecule has 0 bridgehead atoms. The first-order valence-corrected chi connectivity index (χ1v) is 17.8. The van der Waals surface area contributed by atoms with E-state index in [0.717, 1.165) is 48.9 Å². The van der Waals surface area contributed by atoms with E-state index in [-0.39, 0.29) is 23.0 Å². The Morgan fingerprint density at radius 2 is 1.60 bits per heavy atom. The van der Waals surface area contributed by atoms with Crippen LogP contribution in [0.2, 0.25) is 0 Å². The third-order valence-corrected chi connectivity index (χ3v) is 10.1. The predicted octanol–water partition coefficient (Wildman–Crippen LogP) is 10.7. The van der Waals surface area contributed by atoms with E-state index in [0.29, 0.717) is 5.92 Å². The Morgan fingerprint density at radius 3 is 2.12 bits per heavy atom. The van der Waals surface area contributed by atoms with Crippen LogP contribution in [0, 0.1) is 11.3 Å². The normalized spacial score (nSPS) is 27.9. The molecule has 2 fully saturated rings. The van der Waals surface area contributed by atoms with Gasteiger partial charge in [0.25, 0.3) is 0 Å². The van der Waals surface area contributed by atoms with Crippen LogP contribution in [-0.2, 0) is 27.7 Å². The van der Waals surface area contributed by atoms with E-state index in [9.17, 15) is 13.2 Å². The highest BCUT2D eigenvalue weighted by atomic mass is 32.2. The summed E-state index contributed by atoms with van der Waals surface area (Å²) < 4.78 is 54.4. The summed E-state index contributed by atoms with van der Waals surface area (Å²) in [6.07, 6.45) is 9.22. The Bertz CT molecular complexity index is 1290. The number of halogens is 3. The second-order valence-corrected chi connectivity index (χ2v) is 15.6. The lowest BCUT2D eigenvalue weighted by atomic mass is 9.67. The first kappa shape index (κ1) is 32.8. The Morgan fingerprint density at radius 1 is 0.977 bits per heavy atom. The summed E-state index contributed by atoms with van der Waals surface area (Å²) in [6.45, 7) is 13.0. The molecule has 2 saturated carbocycles. The number of hydrogen-bond donors (Lipinski definition) is 0. The Hall–Kier alpha value is -1.57. The fourth-order valence-corrected chi connectivity index (χ4v) is 8.39. The van der Waals surface area contributed by atoms with Gasteiger partial charge in [0.1, 0.15) is 6.10 Å². The minimum absolute atomic E-state index is 0.0658. The molecule has 2 heterocycles. The third-order valence-electron chi connectivity index (χ3n) is 10.1. The number of alkyl halides is 3. The number of aromatic nitrogens is 1. The second kappa shape index (κ2) is 12.0. The van der Waals surface area contributed by atoms with Crippen molar-refractivity contribution in [2.75, 3.05) is 12.5 Å². The van der Waals surface area contributed by atoms with Gasteiger partial charge in [0.05, 0.1) is 22.9 Å². The van der Waals surface area contributed by atoms with Crippen molar-refractivity contribution in [3.8, 4) is 0 Å². The first-order valence-electron chi connectivity index (χ1n) is 16.1. The molecule has 4 atom stereocenters. The molecule has 1 aromatic carbocycles. The average molecular weight is 618 g/mol. The minimum Gasteiger partial charge on any atom is -0.368 e. The van der Waals surface area contributed by atoms with Crippen molar-refractivity contribution in [3.63, 3.8) is 0 Å². The number of hydrogen-bond acceptors (Lipinski definition) is 4. The largest absolute Gasteiger partial charge is 0.416 e. The van der Waals surface area contributed by atoms with Crippen LogP contribution in [0.15, 0.2) is 24.3 Å². The van der Waals surface area contributed by atoms with Crippen molar-refractivity contribution in [1.29, 1.82) is 0 Å². The van der Waals surface area contributed by atoms with Crippen LogP contribution in [0.4, 0.5) is 13.2 Å². The number of ether oxygens (including phenoxy) is 2. The van der Waals surface area contributed by atoms with Gasteiger partial charge in [0, 0.05) is 22.5 Å². The molecule has 0 amide bonds. The summed E-state index contributed by atoms with van der Waals surface area (Å²) in [7, 11) is 0. The van der Waals surface area contributed by atoms with Crippen LogP contribution in [-0.4, -0.2) is 23.1 Å². The lowest BCUT2D eigenvalue weighted by Gasteiger charge is -2.44. The van der Waals surface area contributed by atoms with Gasteiger partial charge >= 0.3 is 6.18 Å². The molecule has 4 aliphatic rings. The molecular formula is C36H50F3NO2S. The summed E-state index contributed by atoms with van der Waals surface area (Å²) >= 11 is 1.75. The second-order valence-electron chi connectivity index (χ2n) is 14.8. The molecule has 0 N–H and O–H groups in total. The van der Waals surface area contributed by atoms with Crippen molar-refractivity contribution in [2.24, 2.45) is 11.3 Å². The smallest absolute Gasteiger partial charge is 0.368 e. The van der Waals surface area contributed by atoms with Crippen LogP contribution in [0.3, 0.4) is 0 Å². The van der Waals surface area contributed by atoms with Crippen LogP contribution in [0.1, 0.15) is 150 Å². The maximum Gasteiger partial charge on any atom is 0.416 e. The van der Waals surface area contributed by atoms with Crippen LogP contribution >= 0.6 is 11.8 Å². The minimum atomic E-state index is -4.37. The van der Waals surface area contributed by atoms with Crippen LogP contribution in [0.5, 0.6) is 0 Å². The quantitative estimate of drug-likeness (QED) is 0.343. The van der Waals surface area contributed by atoms with E-state index < -0.39 is 23.4 Å². The third kappa shape index (κ3) is 6.16. The first-order chi connectivity index (χ1) is 20.1. The molecule has 2 aromatic rings. The van der Waals surface area contributed by atoms with E-state index >= 15 is 0 Å². The Kier molecular flexibility index (Phi) is 9.14. The molecule has 238 valence electrons. The maximum absolute atomic E-state index is 13.4. The molecule has 3 nitrogen and oxygen atoms in total. The number of pyridine rings is 1. The molecule has 4 unspecified atom stereocenters. The van der Waals surface area contributed by atoms with Crippen molar-refractivity contribution in [3.05, 3.63) is 63.5 Å². The fraction of sp³-hybridized carbons (Fsp3) is 0.694. The molecule has 1 aromatic heterocycles. The summed E-state index contributed by atoms with van der Waals surface area (Å²) in [5.41, 5.74) is 5.39. The molecule has 3 aliphatic carbocycles. The summed E-state index contributed by atoms with van der Waals surface area (Å²) in [5.74, 6) is 0.463. The van der Waals surface area contributed by atoms with E-state index in [1.165, 1.54) is 54.6 Å². The average Bonchev–Trinajstić information content (AvgIpc) is 3.61. The number of benzene rings is 1. The molecular weight excluding hydrogens is 567 g/mol.